The van der Waals surface area contributed by atoms with Gasteiger partial charge in [-0.25, -0.2) is 18.1 Å². The molecule has 0 amide bonds. The number of nitrogens with zero attached hydrogens (tertiary/aromatic N) is 1. The number of H-pyrrole nitrogens is 1. The summed E-state index contributed by atoms with van der Waals surface area (Å²) < 4.78 is 26.4. The predicted octanol–water partition coefficient (Wildman–Crippen LogP) is 0.451. The highest BCUT2D eigenvalue weighted by molar-refractivity contribution is 7.89. The molecule has 0 saturated carbocycles. The van der Waals surface area contributed by atoms with Crippen molar-refractivity contribution in [3.8, 4) is 0 Å². The average molecular weight is 276 g/mol. The van der Waals surface area contributed by atoms with Gasteiger partial charge in [0, 0.05) is 12.5 Å². The van der Waals surface area contributed by atoms with Crippen molar-refractivity contribution in [1.82, 2.24) is 14.7 Å². The summed E-state index contributed by atoms with van der Waals surface area (Å²) in [6.07, 6.45) is 2.24. The zero-order valence-corrected chi connectivity index (χ0v) is 11.4. The summed E-state index contributed by atoms with van der Waals surface area (Å²) in [4.78, 5) is 6.82. The lowest BCUT2D eigenvalue weighted by atomic mass is 10.2. The molecule has 0 spiro atoms. The first kappa shape index (κ1) is 14.1. The fraction of sp³-hybridized carbons (Fsp3) is 0.556. The van der Waals surface area contributed by atoms with Gasteiger partial charge >= 0.3 is 0 Å². The maximum absolute atomic E-state index is 11.9. The van der Waals surface area contributed by atoms with Gasteiger partial charge in [-0.05, 0) is 13.3 Å². The minimum Gasteiger partial charge on any atom is -0.393 e. The fourth-order valence-corrected chi connectivity index (χ4v) is 2.82. The molecule has 1 atom stereocenters. The molecule has 1 rings (SSSR count). The molecule has 0 radical (unpaired) electrons. The molecule has 6 nitrogen and oxygen atoms in total. The van der Waals surface area contributed by atoms with E-state index in [4.69, 9.17) is 18.0 Å². The van der Waals surface area contributed by atoms with Gasteiger partial charge in [-0.15, -0.1) is 0 Å². The number of thiocarbonyl (C=S) groups is 1. The second-order valence-electron chi connectivity index (χ2n) is 3.73. The lowest BCUT2D eigenvalue weighted by Crippen LogP contribution is -2.37. The van der Waals surface area contributed by atoms with E-state index in [9.17, 15) is 8.42 Å². The molecule has 96 valence electrons. The number of nitrogens with one attached hydrogen (secondary N) is 2. The van der Waals surface area contributed by atoms with E-state index in [-0.39, 0.29) is 11.1 Å². The van der Waals surface area contributed by atoms with Gasteiger partial charge in [0.2, 0.25) is 0 Å². The maximum Gasteiger partial charge on any atom is 0.257 e. The Kier molecular flexibility index (Phi) is 4.61. The van der Waals surface area contributed by atoms with Crippen molar-refractivity contribution in [3.05, 3.63) is 12.0 Å². The lowest BCUT2D eigenvalue weighted by molar-refractivity contribution is 0.543. The molecule has 17 heavy (non-hydrogen) atoms. The number of aryl methyl sites for hydroxylation is 1. The highest BCUT2D eigenvalue weighted by Gasteiger charge is 2.21. The smallest absolute Gasteiger partial charge is 0.257 e. The van der Waals surface area contributed by atoms with Crippen LogP contribution in [0.2, 0.25) is 0 Å². The third-order valence-electron chi connectivity index (χ3n) is 2.23. The summed E-state index contributed by atoms with van der Waals surface area (Å²) >= 11 is 4.77. The van der Waals surface area contributed by atoms with Crippen molar-refractivity contribution < 1.29 is 8.42 Å². The molecule has 0 aliphatic carbocycles. The maximum atomic E-state index is 11.9. The van der Waals surface area contributed by atoms with Crippen LogP contribution < -0.4 is 10.5 Å². The molecule has 1 aromatic heterocycles. The Morgan fingerprint density at radius 3 is 2.76 bits per heavy atom. The van der Waals surface area contributed by atoms with E-state index in [0.717, 1.165) is 0 Å². The van der Waals surface area contributed by atoms with E-state index in [1.165, 1.54) is 6.20 Å². The molecule has 0 saturated heterocycles. The lowest BCUT2D eigenvalue weighted by Gasteiger charge is -2.15. The third kappa shape index (κ3) is 4.06. The number of hydrogen-bond acceptors (Lipinski definition) is 4. The Balaban J connectivity index is 2.81. The normalized spacial score (nSPS) is 13.5. The molecule has 0 aromatic carbocycles. The zero-order chi connectivity index (χ0) is 13.1. The van der Waals surface area contributed by atoms with Crippen LogP contribution in [0.3, 0.4) is 0 Å². The summed E-state index contributed by atoms with van der Waals surface area (Å²) in [6.45, 7) is 3.55. The summed E-state index contributed by atoms with van der Waals surface area (Å²) in [5, 5.41) is 0.0522. The molecular weight excluding hydrogens is 260 g/mol. The van der Waals surface area contributed by atoms with Crippen LogP contribution in [0.5, 0.6) is 0 Å². The van der Waals surface area contributed by atoms with Crippen LogP contribution in [0, 0.1) is 6.92 Å². The van der Waals surface area contributed by atoms with E-state index in [2.05, 4.69) is 14.7 Å². The van der Waals surface area contributed by atoms with Gasteiger partial charge in [0.1, 0.15) is 5.82 Å². The van der Waals surface area contributed by atoms with E-state index >= 15 is 0 Å². The van der Waals surface area contributed by atoms with Gasteiger partial charge in [0.25, 0.3) is 10.0 Å². The standard InChI is InChI=1S/C9H16N4O2S2/c1-3-7(4-8(10)16)13-17(14,15)9-5-11-6(2)12-9/h5,7,13H,3-4H2,1-2H3,(H2,10,16)(H,11,12). The quantitative estimate of drug-likeness (QED) is 0.655. The summed E-state index contributed by atoms with van der Waals surface area (Å²) in [5.74, 6) is 0.549. The number of imidazole rings is 1. The van der Waals surface area contributed by atoms with Gasteiger partial charge < -0.3 is 10.7 Å². The Morgan fingerprint density at radius 1 is 1.71 bits per heavy atom. The highest BCUT2D eigenvalue weighted by Crippen LogP contribution is 2.08. The average Bonchev–Trinajstić information content (AvgIpc) is 2.63. The summed E-state index contributed by atoms with van der Waals surface area (Å²) in [6, 6.07) is -0.291. The molecule has 1 aromatic rings. The molecule has 0 fully saturated rings. The molecule has 8 heteroatoms. The van der Waals surface area contributed by atoms with Gasteiger partial charge in [-0.2, -0.15) is 0 Å². The van der Waals surface area contributed by atoms with Crippen LogP contribution in [0.25, 0.3) is 0 Å². The Morgan fingerprint density at radius 2 is 2.35 bits per heavy atom. The first-order chi connectivity index (χ1) is 7.85. The molecule has 1 heterocycles. The van der Waals surface area contributed by atoms with Crippen molar-refractivity contribution in [2.24, 2.45) is 5.73 Å². The van der Waals surface area contributed by atoms with Crippen molar-refractivity contribution in [2.45, 2.75) is 37.8 Å². The van der Waals surface area contributed by atoms with Crippen LogP contribution in [0.4, 0.5) is 0 Å². The molecule has 1 unspecified atom stereocenters. The van der Waals surface area contributed by atoms with Crippen molar-refractivity contribution in [2.75, 3.05) is 0 Å². The van der Waals surface area contributed by atoms with Gasteiger partial charge in [0.05, 0.1) is 11.2 Å². The molecule has 0 bridgehead atoms. The molecular formula is C9H16N4O2S2. The van der Waals surface area contributed by atoms with Crippen LogP contribution in [-0.4, -0.2) is 29.4 Å². The number of rotatable bonds is 6. The van der Waals surface area contributed by atoms with Gasteiger partial charge in [0.15, 0.2) is 5.03 Å². The number of aromatic amines is 1. The number of sulfonamides is 1. The van der Waals surface area contributed by atoms with Crippen molar-refractivity contribution in [1.29, 1.82) is 0 Å². The second kappa shape index (κ2) is 5.56. The number of nitrogens with two attached hydrogens (primary N) is 1. The van der Waals surface area contributed by atoms with Crippen molar-refractivity contribution >= 4 is 27.2 Å². The Bertz CT molecular complexity index is 495. The molecule has 0 aliphatic heterocycles. The van der Waals surface area contributed by atoms with Crippen LogP contribution in [0.15, 0.2) is 11.2 Å². The fourth-order valence-electron chi connectivity index (χ4n) is 1.33. The van der Waals surface area contributed by atoms with Crippen LogP contribution in [0.1, 0.15) is 25.6 Å². The number of aromatic nitrogens is 2. The van der Waals surface area contributed by atoms with Crippen molar-refractivity contribution in [3.63, 3.8) is 0 Å². The van der Waals surface area contributed by atoms with Crippen LogP contribution >= 0.6 is 12.2 Å². The topological polar surface area (TPSA) is 101 Å². The first-order valence-electron chi connectivity index (χ1n) is 5.17. The monoisotopic (exact) mass is 276 g/mol. The molecule has 0 aliphatic rings. The Hall–Kier alpha value is -0.990. The largest absolute Gasteiger partial charge is 0.393 e. The van der Waals surface area contributed by atoms with E-state index in [0.29, 0.717) is 23.7 Å². The van der Waals surface area contributed by atoms with Gasteiger partial charge in [-0.3, -0.25) is 0 Å². The second-order valence-corrected chi connectivity index (χ2v) is 5.94. The zero-order valence-electron chi connectivity index (χ0n) is 9.73. The predicted molar refractivity (Wildman–Crippen MR) is 69.1 cm³/mol. The third-order valence-corrected chi connectivity index (χ3v) is 3.83. The summed E-state index contributed by atoms with van der Waals surface area (Å²) in [5.41, 5.74) is 5.41. The summed E-state index contributed by atoms with van der Waals surface area (Å²) in [7, 11) is -3.58. The van der Waals surface area contributed by atoms with E-state index < -0.39 is 10.0 Å². The number of hydrogen-bond donors (Lipinski definition) is 3. The minimum absolute atomic E-state index is 0.0522. The van der Waals surface area contributed by atoms with E-state index in [1.807, 2.05) is 6.92 Å². The van der Waals surface area contributed by atoms with E-state index in [1.54, 1.807) is 6.92 Å². The van der Waals surface area contributed by atoms with Gasteiger partial charge in [-0.1, -0.05) is 19.1 Å². The Labute approximate surface area is 106 Å². The molecule has 4 N–H and O–H groups in total. The highest BCUT2D eigenvalue weighted by atomic mass is 32.2. The van der Waals surface area contributed by atoms with Crippen LogP contribution in [-0.2, 0) is 10.0 Å². The SMILES string of the molecule is CCC(CC(N)=S)NS(=O)(=O)c1cnc(C)[nH]1. The first-order valence-corrected chi connectivity index (χ1v) is 7.06. The minimum atomic E-state index is -3.58.